The van der Waals surface area contributed by atoms with Gasteiger partial charge in [-0.2, -0.15) is 0 Å². The number of aromatic nitrogens is 1. The summed E-state index contributed by atoms with van der Waals surface area (Å²) < 4.78 is 0. The molecule has 1 fully saturated rings. The van der Waals surface area contributed by atoms with E-state index in [0.29, 0.717) is 18.5 Å². The topological polar surface area (TPSA) is 62.3 Å². The molecule has 2 heterocycles. The fourth-order valence-electron chi connectivity index (χ4n) is 6.06. The van der Waals surface area contributed by atoms with Crippen molar-refractivity contribution in [2.45, 2.75) is 50.5 Å². The highest BCUT2D eigenvalue weighted by atomic mass is 16.2. The van der Waals surface area contributed by atoms with E-state index in [2.05, 4.69) is 23.5 Å². The number of benzene rings is 3. The van der Waals surface area contributed by atoms with Gasteiger partial charge in [0.2, 0.25) is 5.91 Å². The summed E-state index contributed by atoms with van der Waals surface area (Å²) >= 11 is 0. The first-order chi connectivity index (χ1) is 18.1. The summed E-state index contributed by atoms with van der Waals surface area (Å²) in [6.07, 6.45) is 5.90. The summed E-state index contributed by atoms with van der Waals surface area (Å²) in [6, 6.07) is 27.6. The molecule has 0 radical (unpaired) electrons. The summed E-state index contributed by atoms with van der Waals surface area (Å²) in [7, 11) is 0. The van der Waals surface area contributed by atoms with E-state index in [4.69, 9.17) is 4.98 Å². The van der Waals surface area contributed by atoms with E-state index in [9.17, 15) is 9.59 Å². The number of para-hydroxylation sites is 1. The number of pyridine rings is 1. The van der Waals surface area contributed by atoms with Crippen LogP contribution in [-0.4, -0.2) is 28.9 Å². The molecule has 1 N–H and O–H groups in total. The number of amides is 2. The molecule has 3 aromatic carbocycles. The van der Waals surface area contributed by atoms with Crippen LogP contribution in [0.3, 0.4) is 0 Å². The van der Waals surface area contributed by atoms with Gasteiger partial charge >= 0.3 is 0 Å². The van der Waals surface area contributed by atoms with Gasteiger partial charge < -0.3 is 10.2 Å². The summed E-state index contributed by atoms with van der Waals surface area (Å²) in [5, 5.41) is 4.31. The third kappa shape index (κ3) is 4.50. The highest BCUT2D eigenvalue weighted by Crippen LogP contribution is 2.42. The maximum atomic E-state index is 14.0. The number of carbonyl (C=O) groups is 2. The quantitative estimate of drug-likeness (QED) is 0.357. The van der Waals surface area contributed by atoms with Crippen LogP contribution in [0.4, 0.5) is 5.69 Å². The number of hydrogen-bond acceptors (Lipinski definition) is 3. The number of anilines is 1. The fraction of sp³-hybridized carbons (Fsp3) is 0.281. The van der Waals surface area contributed by atoms with E-state index in [1.54, 1.807) is 0 Å². The Morgan fingerprint density at radius 1 is 0.838 bits per heavy atom. The van der Waals surface area contributed by atoms with E-state index in [-0.39, 0.29) is 11.8 Å². The van der Waals surface area contributed by atoms with Gasteiger partial charge in [-0.15, -0.1) is 0 Å². The van der Waals surface area contributed by atoms with Crippen molar-refractivity contribution in [1.82, 2.24) is 10.3 Å². The van der Waals surface area contributed by atoms with Crippen LogP contribution < -0.4 is 10.2 Å². The second kappa shape index (κ2) is 9.81. The Bertz CT molecular complexity index is 1440. The number of rotatable bonds is 5. The molecule has 5 heteroatoms. The van der Waals surface area contributed by atoms with Crippen molar-refractivity contribution in [3.63, 3.8) is 0 Å². The number of fused-ring (bicyclic) bond motifs is 3. The molecule has 4 aromatic rings. The summed E-state index contributed by atoms with van der Waals surface area (Å²) in [4.78, 5) is 34.2. The van der Waals surface area contributed by atoms with Gasteiger partial charge in [0.05, 0.1) is 23.3 Å². The minimum absolute atomic E-state index is 0.0735. The molecular weight excluding hydrogens is 458 g/mol. The molecule has 1 saturated carbocycles. The van der Waals surface area contributed by atoms with Gasteiger partial charge in [0, 0.05) is 34.2 Å². The molecule has 0 bridgehead atoms. The van der Waals surface area contributed by atoms with Crippen molar-refractivity contribution in [1.29, 1.82) is 0 Å². The largest absolute Gasteiger partial charge is 0.346 e. The van der Waals surface area contributed by atoms with Gasteiger partial charge in [0.25, 0.3) is 5.91 Å². The Balaban J connectivity index is 1.35. The molecule has 6 rings (SSSR count). The van der Waals surface area contributed by atoms with Gasteiger partial charge in [-0.3, -0.25) is 9.59 Å². The molecule has 1 aliphatic heterocycles. The summed E-state index contributed by atoms with van der Waals surface area (Å²) in [6.45, 7) is 0.631. The molecular formula is C32H31N3O2. The Morgan fingerprint density at radius 2 is 1.51 bits per heavy atom. The lowest BCUT2D eigenvalue weighted by atomic mass is 9.78. The van der Waals surface area contributed by atoms with Crippen LogP contribution in [0.2, 0.25) is 0 Å². The van der Waals surface area contributed by atoms with Crippen molar-refractivity contribution < 1.29 is 9.59 Å². The fourth-order valence-corrected chi connectivity index (χ4v) is 6.06. The van der Waals surface area contributed by atoms with E-state index in [1.165, 1.54) is 0 Å². The highest BCUT2D eigenvalue weighted by Gasteiger charge is 2.39. The summed E-state index contributed by atoms with van der Waals surface area (Å²) in [5.74, 6) is -0.0255. The molecule has 0 spiro atoms. The first-order valence-corrected chi connectivity index (χ1v) is 13.3. The SMILES string of the molecule is O=C(NC1(CC(=O)N2CCc3c(-c4ccccc4)nc4ccccc4c32)CCCCC1)c1ccccc1. The van der Waals surface area contributed by atoms with Crippen molar-refractivity contribution in [3.05, 3.63) is 96.1 Å². The monoisotopic (exact) mass is 489 g/mol. The lowest BCUT2D eigenvalue weighted by molar-refractivity contribution is -0.120. The average Bonchev–Trinajstić information content (AvgIpc) is 3.40. The molecule has 2 aliphatic rings. The van der Waals surface area contributed by atoms with Gasteiger partial charge in [0.1, 0.15) is 0 Å². The van der Waals surface area contributed by atoms with Crippen molar-refractivity contribution in [3.8, 4) is 11.3 Å². The molecule has 1 aromatic heterocycles. The Labute approximate surface area is 217 Å². The maximum absolute atomic E-state index is 14.0. The minimum atomic E-state index is -0.518. The molecule has 5 nitrogen and oxygen atoms in total. The second-order valence-electron chi connectivity index (χ2n) is 10.3. The third-order valence-electron chi connectivity index (χ3n) is 7.88. The van der Waals surface area contributed by atoms with Gasteiger partial charge in [0.15, 0.2) is 0 Å². The third-order valence-corrected chi connectivity index (χ3v) is 7.88. The molecule has 2 amide bonds. The number of carbonyl (C=O) groups excluding carboxylic acids is 2. The number of nitrogens with one attached hydrogen (secondary N) is 1. The van der Waals surface area contributed by atoms with E-state index < -0.39 is 5.54 Å². The first-order valence-electron chi connectivity index (χ1n) is 13.3. The standard InChI is InChI=1S/C32H31N3O2/c36-28(22-32(19-10-3-11-20-32)34-31(37)24-14-6-2-7-15-24)35-21-18-26-29(23-12-4-1-5-13-23)33-27-17-9-8-16-25(27)30(26)35/h1-2,4-9,12-17H,3,10-11,18-22H2,(H,34,37). The number of nitrogens with zero attached hydrogens (tertiary/aromatic N) is 2. The van der Waals surface area contributed by atoms with Crippen LogP contribution in [-0.2, 0) is 11.2 Å². The molecule has 37 heavy (non-hydrogen) atoms. The van der Waals surface area contributed by atoms with Crippen molar-refractivity contribution in [2.75, 3.05) is 11.4 Å². The molecule has 0 unspecified atom stereocenters. The lowest BCUT2D eigenvalue weighted by Crippen LogP contribution is -2.52. The van der Waals surface area contributed by atoms with Crippen LogP contribution in [0.1, 0.15) is 54.4 Å². The van der Waals surface area contributed by atoms with Gasteiger partial charge in [-0.05, 0) is 37.5 Å². The normalized spacial score (nSPS) is 16.4. The van der Waals surface area contributed by atoms with Crippen LogP contribution in [0.5, 0.6) is 0 Å². The van der Waals surface area contributed by atoms with Crippen molar-refractivity contribution >= 4 is 28.4 Å². The van der Waals surface area contributed by atoms with Crippen molar-refractivity contribution in [2.24, 2.45) is 0 Å². The van der Waals surface area contributed by atoms with Gasteiger partial charge in [-0.25, -0.2) is 4.98 Å². The summed E-state index contributed by atoms with van der Waals surface area (Å²) in [5.41, 5.74) is 5.14. The van der Waals surface area contributed by atoms with E-state index in [0.717, 1.165) is 71.9 Å². The highest BCUT2D eigenvalue weighted by molar-refractivity contribution is 6.07. The Kier molecular flexibility index (Phi) is 6.21. The zero-order valence-corrected chi connectivity index (χ0v) is 21.0. The first kappa shape index (κ1) is 23.4. The van der Waals surface area contributed by atoms with E-state index in [1.807, 2.05) is 71.6 Å². The average molecular weight is 490 g/mol. The predicted octanol–water partition coefficient (Wildman–Crippen LogP) is 6.31. The lowest BCUT2D eigenvalue weighted by Gasteiger charge is -2.39. The van der Waals surface area contributed by atoms with Gasteiger partial charge in [-0.1, -0.05) is 86.0 Å². The van der Waals surface area contributed by atoms with E-state index >= 15 is 0 Å². The van der Waals surface area contributed by atoms with Crippen LogP contribution in [0, 0.1) is 0 Å². The zero-order valence-electron chi connectivity index (χ0n) is 21.0. The Morgan fingerprint density at radius 3 is 2.27 bits per heavy atom. The maximum Gasteiger partial charge on any atom is 0.251 e. The minimum Gasteiger partial charge on any atom is -0.346 e. The van der Waals surface area contributed by atoms with Crippen LogP contribution in [0.15, 0.2) is 84.9 Å². The molecule has 186 valence electrons. The van der Waals surface area contributed by atoms with Crippen LogP contribution in [0.25, 0.3) is 22.2 Å². The smallest absolute Gasteiger partial charge is 0.251 e. The second-order valence-corrected chi connectivity index (χ2v) is 10.3. The molecule has 0 saturated heterocycles. The molecule has 0 atom stereocenters. The predicted molar refractivity (Wildman–Crippen MR) is 148 cm³/mol. The molecule has 1 aliphatic carbocycles. The zero-order chi connectivity index (χ0) is 25.2. The number of hydrogen-bond donors (Lipinski definition) is 1. The Hall–Kier alpha value is -3.99. The van der Waals surface area contributed by atoms with Crippen LogP contribution >= 0.6 is 0 Å².